The molecule has 5 bridgehead atoms. The van der Waals surface area contributed by atoms with Gasteiger partial charge < -0.3 is 63.6 Å². The van der Waals surface area contributed by atoms with E-state index in [1.54, 1.807) is 20.8 Å². The molecule has 0 saturated carbocycles. The first-order chi connectivity index (χ1) is 32.7. The first-order valence-electron chi connectivity index (χ1n) is 23.1. The zero-order valence-electron chi connectivity index (χ0n) is 41.0. The van der Waals surface area contributed by atoms with Crippen molar-refractivity contribution in [3.05, 3.63) is 70.2 Å². The maximum absolute atomic E-state index is 14.4. The number of allylic oxidation sites excluding steroid dienone is 4. The van der Waals surface area contributed by atoms with Crippen molar-refractivity contribution >= 4 is 41.2 Å². The molecule has 5 aliphatic heterocycles. The van der Waals surface area contributed by atoms with Gasteiger partial charge in [0, 0.05) is 61.2 Å². The number of amides is 1. The molecule has 6 aliphatic rings. The zero-order chi connectivity index (χ0) is 51.9. The summed E-state index contributed by atoms with van der Waals surface area (Å²) in [7, 11) is 0. The van der Waals surface area contributed by atoms with Crippen molar-refractivity contribution in [1.29, 1.82) is 0 Å². The summed E-state index contributed by atoms with van der Waals surface area (Å²) in [5.74, 6) is -13.6. The van der Waals surface area contributed by atoms with Crippen LogP contribution in [-0.4, -0.2) is 129 Å². The lowest BCUT2D eigenvalue weighted by Crippen LogP contribution is -2.50. The van der Waals surface area contributed by atoms with Crippen molar-refractivity contribution in [3.63, 3.8) is 0 Å². The van der Waals surface area contributed by atoms with Gasteiger partial charge in [0.2, 0.25) is 5.78 Å². The molecule has 70 heavy (non-hydrogen) atoms. The predicted molar refractivity (Wildman–Crippen MR) is 243 cm³/mol. The number of carboxylic acids is 1. The lowest BCUT2D eigenvalue weighted by atomic mass is 9.77. The molecule has 14 atom stereocenters. The van der Waals surface area contributed by atoms with Crippen LogP contribution >= 0.6 is 0 Å². The van der Waals surface area contributed by atoms with Crippen molar-refractivity contribution in [2.75, 3.05) is 6.79 Å². The number of aliphatic hydroxyl groups is 2. The van der Waals surface area contributed by atoms with Crippen LogP contribution < -0.4 is 10.1 Å². The minimum absolute atomic E-state index is 0.0225. The number of aliphatic hydroxyl groups excluding tert-OH is 2. The molecule has 1 aromatic rings. The fourth-order valence-corrected chi connectivity index (χ4v) is 9.48. The van der Waals surface area contributed by atoms with Gasteiger partial charge in [0.05, 0.1) is 71.0 Å². The van der Waals surface area contributed by atoms with Crippen LogP contribution in [0.3, 0.4) is 0 Å². The predicted octanol–water partition coefficient (Wildman–Crippen LogP) is 4.29. The zero-order valence-corrected chi connectivity index (χ0v) is 41.0. The van der Waals surface area contributed by atoms with Crippen LogP contribution in [0.25, 0.3) is 0 Å². The number of carbonyl (C=O) groups excluding carboxylic acids is 6. The Labute approximate surface area is 404 Å². The van der Waals surface area contributed by atoms with Gasteiger partial charge in [0.1, 0.15) is 36.6 Å². The number of esters is 2. The summed E-state index contributed by atoms with van der Waals surface area (Å²) in [6, 6.07) is 0. The number of fused-ring (bicyclic) bond motifs is 15. The van der Waals surface area contributed by atoms with Gasteiger partial charge in [-0.15, -0.1) is 0 Å². The molecule has 1 unspecified atom stereocenters. The molecule has 382 valence electrons. The molecule has 0 aromatic heterocycles. The highest BCUT2D eigenvalue weighted by Crippen LogP contribution is 2.48. The van der Waals surface area contributed by atoms with E-state index < -0.39 is 148 Å². The maximum Gasteiger partial charge on any atom is 0.312 e. The monoisotopic (exact) mass is 981 g/mol. The normalized spacial score (nSPS) is 34.9. The molecule has 2 saturated heterocycles. The molecule has 0 radical (unpaired) electrons. The highest BCUT2D eigenvalue weighted by Gasteiger charge is 2.52. The van der Waals surface area contributed by atoms with Crippen LogP contribution in [0, 0.1) is 36.0 Å². The number of Topliss-reactive ketones (excluding diaryl/α,β-unsaturated/α-hetero) is 2. The van der Waals surface area contributed by atoms with E-state index in [9.17, 15) is 54.0 Å². The minimum Gasteiger partial charge on any atom is -0.507 e. The molecule has 2 fully saturated rings. The quantitative estimate of drug-likeness (QED) is 0.227. The summed E-state index contributed by atoms with van der Waals surface area (Å²) < 4.78 is 48.0. The van der Waals surface area contributed by atoms with E-state index in [1.165, 1.54) is 79.7 Å². The Kier molecular flexibility index (Phi) is 16.0. The number of nitrogens with one attached hydrogen (secondary N) is 1. The van der Waals surface area contributed by atoms with Gasteiger partial charge in [0.25, 0.3) is 11.7 Å². The topological polar surface area (TPSA) is 286 Å². The summed E-state index contributed by atoms with van der Waals surface area (Å²) >= 11 is 0. The SMILES string of the molecule is CC(=O)O[C@H]1[C@H](C)[C@H](O)[C@H](C)[C@@H](O)[C@@H](C(C)OC(=O)C(C)(C)CC(=O)O)/C=C/C=C(/C)C(=O)NC2=CC(=O)c3c(c(O)c(C)c4c3C(=O)[C@@](C)(O/C=C/[C@H](O[C@H]3C[C@@H]5OCO[C@@H]5[C@@H](C)O3)[C@H]1C)O4)C2=O. The highest BCUT2D eigenvalue weighted by atomic mass is 16.7. The highest BCUT2D eigenvalue weighted by molar-refractivity contribution is 6.30. The van der Waals surface area contributed by atoms with Gasteiger partial charge in [0.15, 0.2) is 12.1 Å². The number of aromatic hydroxyl groups is 1. The van der Waals surface area contributed by atoms with Crippen LogP contribution in [0.5, 0.6) is 11.5 Å². The Morgan fingerprint density at radius 2 is 1.64 bits per heavy atom. The Hall–Kier alpha value is -5.77. The van der Waals surface area contributed by atoms with Gasteiger partial charge in [-0.25, -0.2) is 0 Å². The molecular weight excluding hydrogens is 919 g/mol. The molecule has 5 heterocycles. The number of ketones is 3. The largest absolute Gasteiger partial charge is 0.507 e. The number of rotatable bonds is 8. The van der Waals surface area contributed by atoms with E-state index in [4.69, 9.17) is 37.9 Å². The fraction of sp³-hybridized carbons (Fsp3) is 0.580. The second-order valence-electron chi connectivity index (χ2n) is 19.5. The number of hydrogen-bond donors (Lipinski definition) is 5. The van der Waals surface area contributed by atoms with Crippen molar-refractivity contribution in [2.45, 2.75) is 150 Å². The van der Waals surface area contributed by atoms with Crippen LogP contribution in [0.2, 0.25) is 0 Å². The number of ether oxygens (including phenoxy) is 8. The van der Waals surface area contributed by atoms with Gasteiger partial charge in [-0.1, -0.05) is 39.0 Å². The van der Waals surface area contributed by atoms with Crippen LogP contribution in [0.1, 0.15) is 119 Å². The average Bonchev–Trinajstić information content (AvgIpc) is 3.86. The number of aliphatic carboxylic acids is 1. The molecule has 0 spiro atoms. The third-order valence-corrected chi connectivity index (χ3v) is 13.8. The Bertz CT molecular complexity index is 2420. The van der Waals surface area contributed by atoms with Crippen LogP contribution in [-0.2, 0) is 52.3 Å². The molecule has 7 rings (SSSR count). The van der Waals surface area contributed by atoms with Gasteiger partial charge in [-0.3, -0.25) is 33.6 Å². The summed E-state index contributed by atoms with van der Waals surface area (Å²) in [5, 5.41) is 47.5. The third-order valence-electron chi connectivity index (χ3n) is 13.8. The van der Waals surface area contributed by atoms with E-state index in [0.717, 1.165) is 12.3 Å². The molecule has 20 heteroatoms. The molecule has 5 N–H and O–H groups in total. The summed E-state index contributed by atoms with van der Waals surface area (Å²) in [6.45, 7) is 16.1. The Morgan fingerprint density at radius 1 is 0.957 bits per heavy atom. The second kappa shape index (κ2) is 20.9. The van der Waals surface area contributed by atoms with Crippen LogP contribution in [0.15, 0.2) is 47.9 Å². The number of phenols is 1. The van der Waals surface area contributed by atoms with E-state index >= 15 is 0 Å². The molecule has 20 nitrogen and oxygen atoms in total. The van der Waals surface area contributed by atoms with E-state index in [-0.39, 0.29) is 47.9 Å². The smallest absolute Gasteiger partial charge is 0.312 e. The van der Waals surface area contributed by atoms with E-state index in [1.807, 2.05) is 0 Å². The lowest BCUT2D eigenvalue weighted by Gasteiger charge is -2.41. The number of hydrogen-bond acceptors (Lipinski definition) is 18. The third kappa shape index (κ3) is 10.8. The van der Waals surface area contributed by atoms with Crippen molar-refractivity contribution in [3.8, 4) is 11.5 Å². The number of carbonyl (C=O) groups is 7. The molecule has 1 aromatic carbocycles. The van der Waals surface area contributed by atoms with E-state index in [2.05, 4.69) is 5.32 Å². The number of benzene rings is 1. The number of carboxylic acid groups (broad SMARTS) is 1. The first kappa shape index (κ1) is 53.6. The van der Waals surface area contributed by atoms with Crippen molar-refractivity contribution in [1.82, 2.24) is 5.32 Å². The first-order valence-corrected chi connectivity index (χ1v) is 23.1. The second-order valence-corrected chi connectivity index (χ2v) is 19.5. The Morgan fingerprint density at radius 3 is 2.30 bits per heavy atom. The molecule has 1 amide bonds. The summed E-state index contributed by atoms with van der Waals surface area (Å²) in [4.78, 5) is 93.6. The van der Waals surface area contributed by atoms with Gasteiger partial charge >= 0.3 is 23.7 Å². The van der Waals surface area contributed by atoms with Crippen molar-refractivity contribution in [2.24, 2.45) is 29.1 Å². The molecular formula is C50H63NO19. The van der Waals surface area contributed by atoms with Crippen LogP contribution in [0.4, 0.5) is 0 Å². The van der Waals surface area contributed by atoms with Gasteiger partial charge in [-0.05, 0) is 47.6 Å². The maximum atomic E-state index is 14.4. The lowest BCUT2D eigenvalue weighted by molar-refractivity contribution is -0.246. The fourth-order valence-electron chi connectivity index (χ4n) is 9.48. The molecule has 1 aliphatic carbocycles. The average molecular weight is 982 g/mol. The summed E-state index contributed by atoms with van der Waals surface area (Å²) in [5.41, 5.74) is -3.40. The van der Waals surface area contributed by atoms with Gasteiger partial charge in [-0.2, -0.15) is 0 Å². The summed E-state index contributed by atoms with van der Waals surface area (Å²) in [6.07, 6.45) is -1.45. The van der Waals surface area contributed by atoms with E-state index in [0.29, 0.717) is 0 Å². The Balaban J connectivity index is 1.45. The standard InChI is InChI=1S/C50H63NO19/c1-21-13-12-14-29(26(6)67-48(62)49(9,10)19-34(54)55)40(57)23(3)39(56)24(4)43(68-28(8)52)22(2)32(69-35-18-33-45(27(7)66-35)64-20-63-33)15-16-65-50(11)46(60)38-36-31(53)17-30(51-47(21)61)42(59)37(36)41(58)25(5)44(38)70-50/h12-17,22-24,26-27,29,32-33,35,39-40,43,45,56-58H,18-20H2,1-11H3,(H,51,61)(H,54,55)/b14-12+,16-15+,21-13-/t22-,23+,24-,26?,27-,29-,32+,33+,35+,39-,40-,43-,45-,50+/m1/s1. The van der Waals surface area contributed by atoms with Crippen molar-refractivity contribution < 1.29 is 91.9 Å². The minimum atomic E-state index is -2.18. The number of phenolic OH excluding ortho intramolecular Hbond substituents is 1.